The Morgan fingerprint density at radius 2 is 2.24 bits per heavy atom. The van der Waals surface area contributed by atoms with Crippen molar-refractivity contribution in [2.45, 2.75) is 43.8 Å². The molecule has 1 saturated heterocycles. The van der Waals surface area contributed by atoms with E-state index in [1.54, 1.807) is 11.3 Å². The molecule has 3 atom stereocenters. The second-order valence-corrected chi connectivity index (χ2v) is 8.42. The lowest BCUT2D eigenvalue weighted by Crippen LogP contribution is -2.46. The highest BCUT2D eigenvalue weighted by atomic mass is 32.1. The van der Waals surface area contributed by atoms with Gasteiger partial charge in [0.05, 0.1) is 28.9 Å². The van der Waals surface area contributed by atoms with Crippen molar-refractivity contribution in [1.82, 2.24) is 15.2 Å². The van der Waals surface area contributed by atoms with E-state index in [0.29, 0.717) is 6.04 Å². The molecule has 0 spiro atoms. The average Bonchev–Trinajstić information content (AvgIpc) is 3.28. The number of nitrogens with one attached hydrogen (secondary N) is 1. The van der Waals surface area contributed by atoms with E-state index < -0.39 is 0 Å². The van der Waals surface area contributed by atoms with Crippen molar-refractivity contribution in [3.05, 3.63) is 17.7 Å². The van der Waals surface area contributed by atoms with Crippen LogP contribution in [0.25, 0.3) is 10.2 Å². The molecule has 2 fully saturated rings. The highest BCUT2D eigenvalue weighted by molar-refractivity contribution is 7.22. The second-order valence-electron chi connectivity index (χ2n) is 7.41. The molecule has 6 nitrogen and oxygen atoms in total. The van der Waals surface area contributed by atoms with E-state index in [1.165, 1.54) is 5.56 Å². The van der Waals surface area contributed by atoms with Gasteiger partial charge in [0, 0.05) is 18.0 Å². The van der Waals surface area contributed by atoms with Crippen LogP contribution in [-0.4, -0.2) is 54.7 Å². The molecule has 2 aliphatic heterocycles. The van der Waals surface area contributed by atoms with Crippen LogP contribution in [0, 0.1) is 0 Å². The molecule has 7 heteroatoms. The summed E-state index contributed by atoms with van der Waals surface area (Å²) in [7, 11) is 4.24. The quantitative estimate of drug-likeness (QED) is 0.897. The molecule has 3 aliphatic rings. The van der Waals surface area contributed by atoms with Gasteiger partial charge in [-0.25, -0.2) is 9.78 Å². The molecule has 1 aromatic carbocycles. The third-order valence-corrected chi connectivity index (χ3v) is 6.82. The Kier molecular flexibility index (Phi) is 3.43. The number of thiazole rings is 1. The molecule has 132 valence electrons. The fourth-order valence-corrected chi connectivity index (χ4v) is 5.49. The predicted octanol–water partition coefficient (Wildman–Crippen LogP) is 2.61. The lowest BCUT2D eigenvalue weighted by Gasteiger charge is -2.36. The molecule has 25 heavy (non-hydrogen) atoms. The minimum Gasteiger partial charge on any atom is -0.493 e. The number of rotatable bonds is 2. The van der Waals surface area contributed by atoms with E-state index in [4.69, 9.17) is 9.72 Å². The van der Waals surface area contributed by atoms with Gasteiger partial charge in [-0.1, -0.05) is 11.3 Å². The minimum absolute atomic E-state index is 0.00126. The standard InChI is InChI=1S/C18H22N4O2S/c1-21(2)10-3-4-13-12(9-10)19-17(23)22(13)18-20-16-11-7-8-24-14(11)5-6-15(16)25-18/h5-6,10,12-13H,3-4,7-9H2,1-2H3,(H,19,23)/t10?,12-,13+/m0/s1. The summed E-state index contributed by atoms with van der Waals surface area (Å²) in [5, 5.41) is 4.01. The monoisotopic (exact) mass is 358 g/mol. The number of anilines is 1. The zero-order valence-electron chi connectivity index (χ0n) is 14.5. The van der Waals surface area contributed by atoms with Crippen molar-refractivity contribution in [2.75, 3.05) is 25.6 Å². The van der Waals surface area contributed by atoms with Crippen LogP contribution in [0.5, 0.6) is 5.75 Å². The molecule has 2 aromatic rings. The van der Waals surface area contributed by atoms with Crippen LogP contribution in [-0.2, 0) is 6.42 Å². The molecule has 1 N–H and O–H groups in total. The molecule has 1 saturated carbocycles. The van der Waals surface area contributed by atoms with Gasteiger partial charge in [0.1, 0.15) is 5.75 Å². The maximum Gasteiger partial charge on any atom is 0.324 e. The molecule has 5 rings (SSSR count). The fourth-order valence-electron chi connectivity index (χ4n) is 4.43. The first kappa shape index (κ1) is 15.4. The molecule has 1 aliphatic carbocycles. The van der Waals surface area contributed by atoms with Crippen LogP contribution in [0.3, 0.4) is 0 Å². The van der Waals surface area contributed by atoms with Gasteiger partial charge in [-0.15, -0.1) is 0 Å². The third-order valence-electron chi connectivity index (χ3n) is 5.80. The predicted molar refractivity (Wildman–Crippen MR) is 98.7 cm³/mol. The summed E-state index contributed by atoms with van der Waals surface area (Å²) in [6.07, 6.45) is 4.05. The van der Waals surface area contributed by atoms with E-state index in [1.807, 2.05) is 11.0 Å². The van der Waals surface area contributed by atoms with Crippen molar-refractivity contribution in [3.8, 4) is 5.75 Å². The Hall–Kier alpha value is -1.86. The van der Waals surface area contributed by atoms with E-state index in [-0.39, 0.29) is 18.1 Å². The number of hydrogen-bond acceptors (Lipinski definition) is 5. The molecular formula is C18H22N4O2S. The van der Waals surface area contributed by atoms with Gasteiger partial charge in [0.25, 0.3) is 0 Å². The lowest BCUT2D eigenvalue weighted by molar-refractivity contribution is 0.200. The topological polar surface area (TPSA) is 57.7 Å². The first-order valence-electron chi connectivity index (χ1n) is 8.93. The van der Waals surface area contributed by atoms with E-state index in [9.17, 15) is 4.79 Å². The van der Waals surface area contributed by atoms with Crippen molar-refractivity contribution >= 4 is 32.7 Å². The summed E-state index contributed by atoms with van der Waals surface area (Å²) in [6, 6.07) is 5.07. The van der Waals surface area contributed by atoms with Crippen molar-refractivity contribution in [2.24, 2.45) is 0 Å². The minimum atomic E-state index is 0.00126. The van der Waals surface area contributed by atoms with E-state index >= 15 is 0 Å². The number of urea groups is 1. The molecule has 1 unspecified atom stereocenters. The maximum atomic E-state index is 12.7. The van der Waals surface area contributed by atoms with Gasteiger partial charge in [0.2, 0.25) is 0 Å². The van der Waals surface area contributed by atoms with Crippen LogP contribution in [0.1, 0.15) is 24.8 Å². The number of ether oxygens (including phenoxy) is 1. The Labute approximate surface area is 150 Å². The molecular weight excluding hydrogens is 336 g/mol. The first-order chi connectivity index (χ1) is 12.1. The highest BCUT2D eigenvalue weighted by Gasteiger charge is 2.45. The van der Waals surface area contributed by atoms with Gasteiger partial charge in [0.15, 0.2) is 5.13 Å². The number of fused-ring (bicyclic) bond motifs is 4. The number of amides is 2. The smallest absolute Gasteiger partial charge is 0.324 e. The third kappa shape index (κ3) is 2.33. The van der Waals surface area contributed by atoms with Gasteiger partial charge in [-0.2, -0.15) is 0 Å². The fraction of sp³-hybridized carbons (Fsp3) is 0.556. The zero-order chi connectivity index (χ0) is 17.1. The normalized spacial score (nSPS) is 28.2. The number of aromatic nitrogens is 1. The Bertz CT molecular complexity index is 849. The molecule has 0 bridgehead atoms. The maximum absolute atomic E-state index is 12.7. The van der Waals surface area contributed by atoms with Crippen LogP contribution >= 0.6 is 11.3 Å². The second kappa shape index (κ2) is 5.57. The number of carbonyl (C=O) groups excluding carboxylic acids is 1. The summed E-state index contributed by atoms with van der Waals surface area (Å²) in [5.41, 5.74) is 2.20. The Morgan fingerprint density at radius 1 is 1.36 bits per heavy atom. The molecule has 0 radical (unpaired) electrons. The summed E-state index contributed by atoms with van der Waals surface area (Å²) < 4.78 is 6.79. The van der Waals surface area contributed by atoms with Gasteiger partial charge in [-0.05, 0) is 45.5 Å². The number of benzene rings is 1. The number of carbonyl (C=O) groups is 1. The van der Waals surface area contributed by atoms with E-state index in [0.717, 1.165) is 53.4 Å². The zero-order valence-corrected chi connectivity index (χ0v) is 15.3. The Morgan fingerprint density at radius 3 is 3.08 bits per heavy atom. The summed E-state index contributed by atoms with van der Waals surface area (Å²) in [5.74, 6) is 0.944. The van der Waals surface area contributed by atoms with Crippen LogP contribution in [0.15, 0.2) is 12.1 Å². The summed E-state index contributed by atoms with van der Waals surface area (Å²) >= 11 is 1.62. The largest absolute Gasteiger partial charge is 0.493 e. The summed E-state index contributed by atoms with van der Waals surface area (Å²) in [4.78, 5) is 21.7. The van der Waals surface area contributed by atoms with E-state index in [2.05, 4.69) is 30.4 Å². The molecule has 3 heterocycles. The summed E-state index contributed by atoms with van der Waals surface area (Å²) in [6.45, 7) is 0.724. The van der Waals surface area contributed by atoms with Gasteiger partial charge in [-0.3, -0.25) is 4.90 Å². The first-order valence-corrected chi connectivity index (χ1v) is 9.75. The van der Waals surface area contributed by atoms with Crippen molar-refractivity contribution in [3.63, 3.8) is 0 Å². The highest BCUT2D eigenvalue weighted by Crippen LogP contribution is 2.40. The van der Waals surface area contributed by atoms with Crippen molar-refractivity contribution in [1.29, 1.82) is 0 Å². The van der Waals surface area contributed by atoms with Crippen LogP contribution < -0.4 is 15.0 Å². The number of hydrogen-bond donors (Lipinski definition) is 1. The van der Waals surface area contributed by atoms with Crippen LogP contribution in [0.2, 0.25) is 0 Å². The van der Waals surface area contributed by atoms with Crippen LogP contribution in [0.4, 0.5) is 9.93 Å². The van der Waals surface area contributed by atoms with Gasteiger partial charge >= 0.3 is 6.03 Å². The van der Waals surface area contributed by atoms with Crippen molar-refractivity contribution < 1.29 is 9.53 Å². The molecule has 2 amide bonds. The molecule has 1 aromatic heterocycles. The average molecular weight is 358 g/mol. The lowest BCUT2D eigenvalue weighted by atomic mass is 9.87. The van der Waals surface area contributed by atoms with Gasteiger partial charge < -0.3 is 15.0 Å². The SMILES string of the molecule is CN(C)C1CC[C@@H]2[C@H](C1)NC(=O)N2c1nc2c3c(ccc2s1)OCC3. The Balaban J connectivity index is 1.49. The number of nitrogens with zero attached hydrogens (tertiary/aromatic N) is 3.